The van der Waals surface area contributed by atoms with Crippen molar-refractivity contribution in [3.05, 3.63) is 56.7 Å². The summed E-state index contributed by atoms with van der Waals surface area (Å²) in [6, 6.07) is 9.18. The summed E-state index contributed by atoms with van der Waals surface area (Å²) in [4.78, 5) is 29.0. The zero-order valence-corrected chi connectivity index (χ0v) is 15.9. The molecule has 3 rings (SSSR count). The number of nitrogens with zero attached hydrogens (tertiary/aromatic N) is 2. The van der Waals surface area contributed by atoms with E-state index in [-0.39, 0.29) is 17.2 Å². The van der Waals surface area contributed by atoms with E-state index in [1.165, 1.54) is 23.1 Å². The second kappa shape index (κ2) is 8.03. The van der Waals surface area contributed by atoms with Gasteiger partial charge in [-0.15, -0.1) is 11.3 Å². The van der Waals surface area contributed by atoms with Gasteiger partial charge in [0.2, 0.25) is 5.91 Å². The Morgan fingerprint density at radius 3 is 3.00 bits per heavy atom. The zero-order chi connectivity index (χ0) is 17.8. The van der Waals surface area contributed by atoms with Crippen molar-refractivity contribution >= 4 is 50.8 Å². The number of amides is 1. The first kappa shape index (κ1) is 18.0. The molecule has 1 aromatic carbocycles. The minimum absolute atomic E-state index is 0.0515. The van der Waals surface area contributed by atoms with E-state index in [9.17, 15) is 9.59 Å². The summed E-state index contributed by atoms with van der Waals surface area (Å²) in [7, 11) is 0. The molecular weight excluding hydrogens is 378 g/mol. The number of thiophene rings is 1. The SMILES string of the molecule is CCn1c(SCC(=O)NCc2cccc(Cl)c2)nc2ccsc2c1=O. The quantitative estimate of drug-likeness (QED) is 0.514. The molecule has 0 aliphatic rings. The molecule has 25 heavy (non-hydrogen) atoms. The Balaban J connectivity index is 1.65. The first-order valence-electron chi connectivity index (χ1n) is 7.70. The zero-order valence-electron chi connectivity index (χ0n) is 13.5. The van der Waals surface area contributed by atoms with Crippen molar-refractivity contribution in [2.24, 2.45) is 0 Å². The van der Waals surface area contributed by atoms with E-state index in [2.05, 4.69) is 10.3 Å². The maximum Gasteiger partial charge on any atom is 0.272 e. The van der Waals surface area contributed by atoms with Gasteiger partial charge in [-0.05, 0) is 36.1 Å². The van der Waals surface area contributed by atoms with Crippen LogP contribution < -0.4 is 10.9 Å². The third kappa shape index (κ3) is 4.23. The molecule has 0 unspecified atom stereocenters. The van der Waals surface area contributed by atoms with Crippen LogP contribution in [0, 0.1) is 0 Å². The molecule has 130 valence electrons. The van der Waals surface area contributed by atoms with Gasteiger partial charge in [-0.3, -0.25) is 14.2 Å². The first-order valence-corrected chi connectivity index (χ1v) is 9.94. The van der Waals surface area contributed by atoms with Crippen LogP contribution in [-0.4, -0.2) is 21.2 Å². The molecule has 1 amide bonds. The lowest BCUT2D eigenvalue weighted by molar-refractivity contribution is -0.118. The molecular formula is C17H16ClN3O2S2. The second-order valence-corrected chi connectivity index (χ2v) is 7.57. The van der Waals surface area contributed by atoms with Gasteiger partial charge in [-0.25, -0.2) is 4.98 Å². The number of benzene rings is 1. The molecule has 0 radical (unpaired) electrons. The highest BCUT2D eigenvalue weighted by atomic mass is 35.5. The van der Waals surface area contributed by atoms with E-state index in [4.69, 9.17) is 11.6 Å². The molecule has 0 spiro atoms. The molecule has 8 heteroatoms. The number of fused-ring (bicyclic) bond motifs is 1. The lowest BCUT2D eigenvalue weighted by Gasteiger charge is -2.10. The number of hydrogen-bond donors (Lipinski definition) is 1. The summed E-state index contributed by atoms with van der Waals surface area (Å²) in [6.07, 6.45) is 0. The van der Waals surface area contributed by atoms with Crippen molar-refractivity contribution in [3.63, 3.8) is 0 Å². The second-order valence-electron chi connectivity index (χ2n) is 5.27. The Kier molecular flexibility index (Phi) is 5.78. The van der Waals surface area contributed by atoms with E-state index < -0.39 is 0 Å². The lowest BCUT2D eigenvalue weighted by atomic mass is 10.2. The average molecular weight is 394 g/mol. The van der Waals surface area contributed by atoms with Gasteiger partial charge in [-0.1, -0.05) is 35.5 Å². The Morgan fingerprint density at radius 1 is 1.40 bits per heavy atom. The van der Waals surface area contributed by atoms with E-state index in [0.717, 1.165) is 5.56 Å². The maximum absolute atomic E-state index is 12.4. The molecule has 2 aromatic heterocycles. The largest absolute Gasteiger partial charge is 0.351 e. The Labute approximate surface area is 158 Å². The molecule has 5 nitrogen and oxygen atoms in total. The molecule has 0 aliphatic carbocycles. The van der Waals surface area contributed by atoms with Crippen LogP contribution >= 0.6 is 34.7 Å². The van der Waals surface area contributed by atoms with Gasteiger partial charge in [0.15, 0.2) is 5.16 Å². The molecule has 0 bridgehead atoms. The average Bonchev–Trinajstić information content (AvgIpc) is 3.07. The fourth-order valence-electron chi connectivity index (χ4n) is 2.34. The minimum Gasteiger partial charge on any atom is -0.351 e. The fourth-order valence-corrected chi connectivity index (χ4v) is 4.23. The number of aromatic nitrogens is 2. The molecule has 0 atom stereocenters. The van der Waals surface area contributed by atoms with Gasteiger partial charge in [0.05, 0.1) is 11.3 Å². The number of thioether (sulfide) groups is 1. The molecule has 0 aliphatic heterocycles. The van der Waals surface area contributed by atoms with Gasteiger partial charge in [-0.2, -0.15) is 0 Å². The Bertz CT molecular complexity index is 968. The molecule has 2 heterocycles. The first-order chi connectivity index (χ1) is 12.1. The number of halogens is 1. The lowest BCUT2D eigenvalue weighted by Crippen LogP contribution is -2.26. The van der Waals surface area contributed by atoms with Crippen molar-refractivity contribution in [1.29, 1.82) is 0 Å². The van der Waals surface area contributed by atoms with Crippen molar-refractivity contribution in [1.82, 2.24) is 14.9 Å². The van der Waals surface area contributed by atoms with Crippen LogP contribution in [0.3, 0.4) is 0 Å². The highest BCUT2D eigenvalue weighted by Crippen LogP contribution is 2.20. The summed E-state index contributed by atoms with van der Waals surface area (Å²) in [5.41, 5.74) is 1.57. The van der Waals surface area contributed by atoms with Crippen LogP contribution in [0.15, 0.2) is 45.7 Å². The van der Waals surface area contributed by atoms with Gasteiger partial charge in [0.25, 0.3) is 5.56 Å². The summed E-state index contributed by atoms with van der Waals surface area (Å²) in [5.74, 6) is 0.0788. The van der Waals surface area contributed by atoms with E-state index >= 15 is 0 Å². The van der Waals surface area contributed by atoms with E-state index in [1.807, 2.05) is 36.6 Å². The third-order valence-electron chi connectivity index (χ3n) is 3.56. The number of nitrogens with one attached hydrogen (secondary N) is 1. The Hall–Kier alpha value is -1.83. The standard InChI is InChI=1S/C17H16ClN3O2S2/c1-2-21-16(23)15-13(6-7-24-15)20-17(21)25-10-14(22)19-9-11-4-3-5-12(18)8-11/h3-8H,2,9-10H2,1H3,(H,19,22). The normalized spacial score (nSPS) is 11.0. The van der Waals surface area contributed by atoms with Crippen molar-refractivity contribution in [2.45, 2.75) is 25.2 Å². The van der Waals surface area contributed by atoms with Crippen LogP contribution in [0.2, 0.25) is 5.02 Å². The monoisotopic (exact) mass is 393 g/mol. The van der Waals surface area contributed by atoms with Crippen molar-refractivity contribution in [2.75, 3.05) is 5.75 Å². The Morgan fingerprint density at radius 2 is 2.24 bits per heavy atom. The highest BCUT2D eigenvalue weighted by Gasteiger charge is 2.13. The van der Waals surface area contributed by atoms with Gasteiger partial charge >= 0.3 is 0 Å². The minimum atomic E-state index is -0.118. The molecule has 0 saturated carbocycles. The number of hydrogen-bond acceptors (Lipinski definition) is 5. The van der Waals surface area contributed by atoms with Crippen LogP contribution in [0.25, 0.3) is 10.2 Å². The molecule has 0 saturated heterocycles. The smallest absolute Gasteiger partial charge is 0.272 e. The summed E-state index contributed by atoms with van der Waals surface area (Å²) >= 11 is 8.59. The molecule has 0 fully saturated rings. The predicted octanol–water partition coefficient (Wildman–Crippen LogP) is 3.54. The number of rotatable bonds is 6. The van der Waals surface area contributed by atoms with Gasteiger partial charge < -0.3 is 5.32 Å². The summed E-state index contributed by atoms with van der Waals surface area (Å²) < 4.78 is 2.25. The topological polar surface area (TPSA) is 64.0 Å². The van der Waals surface area contributed by atoms with Crippen LogP contribution in [0.4, 0.5) is 0 Å². The summed E-state index contributed by atoms with van der Waals surface area (Å²) in [5, 5.41) is 5.91. The van der Waals surface area contributed by atoms with E-state index in [1.54, 1.807) is 10.6 Å². The third-order valence-corrected chi connectivity index (χ3v) is 5.66. The maximum atomic E-state index is 12.4. The van der Waals surface area contributed by atoms with Crippen LogP contribution in [-0.2, 0) is 17.9 Å². The number of carbonyl (C=O) groups is 1. The van der Waals surface area contributed by atoms with Crippen LogP contribution in [0.5, 0.6) is 0 Å². The van der Waals surface area contributed by atoms with Crippen LogP contribution in [0.1, 0.15) is 12.5 Å². The molecule has 3 aromatic rings. The summed E-state index contributed by atoms with van der Waals surface area (Å²) in [6.45, 7) is 2.83. The van der Waals surface area contributed by atoms with Gasteiger partial charge in [0.1, 0.15) is 4.70 Å². The molecule has 1 N–H and O–H groups in total. The predicted molar refractivity (Wildman–Crippen MR) is 104 cm³/mol. The van der Waals surface area contributed by atoms with Crippen molar-refractivity contribution in [3.8, 4) is 0 Å². The van der Waals surface area contributed by atoms with Gasteiger partial charge in [0, 0.05) is 18.1 Å². The number of carbonyl (C=O) groups excluding carboxylic acids is 1. The fraction of sp³-hybridized carbons (Fsp3) is 0.235. The van der Waals surface area contributed by atoms with E-state index in [0.29, 0.717) is 33.5 Å². The highest BCUT2D eigenvalue weighted by molar-refractivity contribution is 7.99. The van der Waals surface area contributed by atoms with Crippen molar-refractivity contribution < 1.29 is 4.79 Å².